The molecule has 76 valence electrons. The lowest BCUT2D eigenvalue weighted by Crippen LogP contribution is -2.37. The minimum atomic E-state index is -0.485. The van der Waals surface area contributed by atoms with Crippen molar-refractivity contribution in [3.05, 3.63) is 0 Å². The monoisotopic (exact) mass is 184 g/mol. The van der Waals surface area contributed by atoms with Gasteiger partial charge in [0.2, 0.25) is 0 Å². The third-order valence-corrected chi connectivity index (χ3v) is 3.75. The van der Waals surface area contributed by atoms with Crippen LogP contribution in [0, 0.1) is 5.41 Å². The lowest BCUT2D eigenvalue weighted by molar-refractivity contribution is -0.156. The topological polar surface area (TPSA) is 29.5 Å². The zero-order valence-electron chi connectivity index (χ0n) is 8.68. The predicted molar refractivity (Wildman–Crippen MR) is 51.3 cm³/mol. The Kier molecular flexibility index (Phi) is 2.16. The van der Waals surface area contributed by atoms with Crippen molar-refractivity contribution in [1.29, 1.82) is 0 Å². The smallest absolute Gasteiger partial charge is 0.155 e. The molecule has 1 atom stereocenters. The van der Waals surface area contributed by atoms with Gasteiger partial charge in [-0.2, -0.15) is 0 Å². The van der Waals surface area contributed by atoms with E-state index in [-0.39, 0.29) is 5.60 Å². The molecule has 0 amide bonds. The van der Waals surface area contributed by atoms with Gasteiger partial charge in [0.05, 0.1) is 5.60 Å². The molecule has 1 heterocycles. The van der Waals surface area contributed by atoms with Gasteiger partial charge in [-0.1, -0.05) is 13.8 Å². The summed E-state index contributed by atoms with van der Waals surface area (Å²) < 4.78 is 5.64. The van der Waals surface area contributed by atoms with E-state index in [0.29, 0.717) is 5.41 Å². The highest BCUT2D eigenvalue weighted by Gasteiger charge is 2.44. The van der Waals surface area contributed by atoms with E-state index in [4.69, 9.17) is 4.74 Å². The second kappa shape index (κ2) is 2.96. The Labute approximate surface area is 80.3 Å². The second-order valence-corrected chi connectivity index (χ2v) is 5.46. The predicted octanol–water partition coefficient (Wildman–Crippen LogP) is 2.45. The van der Waals surface area contributed by atoms with Crippen LogP contribution in [0.25, 0.3) is 0 Å². The Morgan fingerprint density at radius 1 is 1.08 bits per heavy atom. The van der Waals surface area contributed by atoms with Gasteiger partial charge in [-0.15, -0.1) is 0 Å². The molecule has 1 saturated carbocycles. The molecular formula is C11H20O2. The second-order valence-electron chi connectivity index (χ2n) is 5.46. The molecule has 0 bridgehead atoms. The summed E-state index contributed by atoms with van der Waals surface area (Å²) in [6.45, 7) is 4.65. The normalized spacial score (nSPS) is 36.7. The molecule has 0 aromatic rings. The van der Waals surface area contributed by atoms with E-state index in [9.17, 15) is 5.11 Å². The molecule has 0 aromatic heterocycles. The van der Waals surface area contributed by atoms with Crippen molar-refractivity contribution in [1.82, 2.24) is 0 Å². The van der Waals surface area contributed by atoms with Crippen molar-refractivity contribution in [2.24, 2.45) is 5.41 Å². The summed E-state index contributed by atoms with van der Waals surface area (Å²) in [4.78, 5) is 0. The van der Waals surface area contributed by atoms with Gasteiger partial charge in [0.1, 0.15) is 0 Å². The van der Waals surface area contributed by atoms with Crippen molar-refractivity contribution in [3.63, 3.8) is 0 Å². The summed E-state index contributed by atoms with van der Waals surface area (Å²) >= 11 is 0. The van der Waals surface area contributed by atoms with Crippen molar-refractivity contribution < 1.29 is 9.84 Å². The van der Waals surface area contributed by atoms with Crippen LogP contribution in [-0.2, 0) is 4.74 Å². The standard InChI is InChI=1S/C11H20O2/c1-10(2)5-7-11(8-6-10)4-3-9(12)13-11/h9,12H,3-8H2,1-2H3. The molecule has 2 aliphatic rings. The average Bonchev–Trinajstić information content (AvgIpc) is 2.41. The first-order valence-corrected chi connectivity index (χ1v) is 5.37. The van der Waals surface area contributed by atoms with Crippen molar-refractivity contribution in [2.45, 2.75) is 64.3 Å². The van der Waals surface area contributed by atoms with Crippen LogP contribution >= 0.6 is 0 Å². The van der Waals surface area contributed by atoms with Crippen molar-refractivity contribution in [3.8, 4) is 0 Å². The highest BCUT2D eigenvalue weighted by atomic mass is 16.6. The Balaban J connectivity index is 1.97. The van der Waals surface area contributed by atoms with E-state index in [0.717, 1.165) is 25.7 Å². The van der Waals surface area contributed by atoms with E-state index in [1.165, 1.54) is 12.8 Å². The zero-order valence-corrected chi connectivity index (χ0v) is 8.68. The molecule has 1 aliphatic carbocycles. The summed E-state index contributed by atoms with van der Waals surface area (Å²) in [5.74, 6) is 0. The van der Waals surface area contributed by atoms with E-state index in [1.54, 1.807) is 0 Å². The van der Waals surface area contributed by atoms with Gasteiger partial charge in [-0.25, -0.2) is 0 Å². The fourth-order valence-electron chi connectivity index (χ4n) is 2.54. The average molecular weight is 184 g/mol. The molecule has 2 rings (SSSR count). The number of aliphatic hydroxyl groups is 1. The van der Waals surface area contributed by atoms with Crippen LogP contribution in [0.5, 0.6) is 0 Å². The van der Waals surface area contributed by atoms with Gasteiger partial charge in [-0.3, -0.25) is 0 Å². The molecule has 1 saturated heterocycles. The molecule has 13 heavy (non-hydrogen) atoms. The Bertz CT molecular complexity index is 188. The zero-order chi connectivity index (χ0) is 9.53. The van der Waals surface area contributed by atoms with Crippen LogP contribution in [0.15, 0.2) is 0 Å². The number of aliphatic hydroxyl groups excluding tert-OH is 1. The van der Waals surface area contributed by atoms with Gasteiger partial charge in [-0.05, 0) is 37.5 Å². The minimum absolute atomic E-state index is 0.0505. The molecule has 1 N–H and O–H groups in total. The molecular weight excluding hydrogens is 164 g/mol. The van der Waals surface area contributed by atoms with Crippen LogP contribution in [0.1, 0.15) is 52.4 Å². The first-order valence-electron chi connectivity index (χ1n) is 5.37. The highest BCUT2D eigenvalue weighted by molar-refractivity contribution is 4.93. The molecule has 1 unspecified atom stereocenters. The van der Waals surface area contributed by atoms with Crippen LogP contribution in [0.2, 0.25) is 0 Å². The molecule has 2 fully saturated rings. The highest BCUT2D eigenvalue weighted by Crippen LogP contribution is 2.47. The lowest BCUT2D eigenvalue weighted by Gasteiger charge is -2.40. The van der Waals surface area contributed by atoms with Gasteiger partial charge < -0.3 is 9.84 Å². The van der Waals surface area contributed by atoms with E-state index in [1.807, 2.05) is 0 Å². The summed E-state index contributed by atoms with van der Waals surface area (Å²) in [7, 11) is 0. The summed E-state index contributed by atoms with van der Waals surface area (Å²) in [6, 6.07) is 0. The third-order valence-electron chi connectivity index (χ3n) is 3.75. The van der Waals surface area contributed by atoms with Crippen molar-refractivity contribution in [2.75, 3.05) is 0 Å². The molecule has 0 aromatic carbocycles. The molecule has 2 nitrogen and oxygen atoms in total. The fraction of sp³-hybridized carbons (Fsp3) is 1.00. The Hall–Kier alpha value is -0.0800. The van der Waals surface area contributed by atoms with Gasteiger partial charge in [0, 0.05) is 6.42 Å². The third kappa shape index (κ3) is 1.89. The molecule has 1 spiro atoms. The van der Waals surface area contributed by atoms with E-state index in [2.05, 4.69) is 13.8 Å². The summed E-state index contributed by atoms with van der Waals surface area (Å²) in [5.41, 5.74) is 0.539. The van der Waals surface area contributed by atoms with Crippen LogP contribution in [0.4, 0.5) is 0 Å². The van der Waals surface area contributed by atoms with Crippen LogP contribution < -0.4 is 0 Å². The van der Waals surface area contributed by atoms with Crippen molar-refractivity contribution >= 4 is 0 Å². The maximum Gasteiger partial charge on any atom is 0.155 e. The summed E-state index contributed by atoms with van der Waals surface area (Å²) in [5, 5.41) is 9.35. The van der Waals surface area contributed by atoms with Gasteiger partial charge in [0.25, 0.3) is 0 Å². The van der Waals surface area contributed by atoms with Gasteiger partial charge in [0.15, 0.2) is 6.29 Å². The van der Waals surface area contributed by atoms with E-state index < -0.39 is 6.29 Å². The Morgan fingerprint density at radius 2 is 1.69 bits per heavy atom. The Morgan fingerprint density at radius 3 is 2.15 bits per heavy atom. The number of ether oxygens (including phenoxy) is 1. The molecule has 2 heteroatoms. The number of hydrogen-bond acceptors (Lipinski definition) is 2. The fourth-order valence-corrected chi connectivity index (χ4v) is 2.54. The van der Waals surface area contributed by atoms with Gasteiger partial charge >= 0.3 is 0 Å². The maximum absolute atomic E-state index is 9.35. The summed E-state index contributed by atoms with van der Waals surface area (Å²) in [6.07, 6.45) is 6.15. The van der Waals surface area contributed by atoms with Crippen LogP contribution in [-0.4, -0.2) is 17.0 Å². The number of rotatable bonds is 0. The molecule has 0 radical (unpaired) electrons. The first kappa shape index (κ1) is 9.47. The van der Waals surface area contributed by atoms with E-state index >= 15 is 0 Å². The quantitative estimate of drug-likeness (QED) is 0.626. The first-order chi connectivity index (χ1) is 6.02. The lowest BCUT2D eigenvalue weighted by atomic mass is 9.70. The number of hydrogen-bond donors (Lipinski definition) is 1. The minimum Gasteiger partial charge on any atom is -0.368 e. The molecule has 1 aliphatic heterocycles. The maximum atomic E-state index is 9.35. The van der Waals surface area contributed by atoms with Crippen LogP contribution in [0.3, 0.4) is 0 Å². The SMILES string of the molecule is CC1(C)CCC2(CCC(O)O2)CC1. The largest absolute Gasteiger partial charge is 0.368 e.